The first-order valence-corrected chi connectivity index (χ1v) is 17.3. The van der Waals surface area contributed by atoms with Crippen LogP contribution in [0.2, 0.25) is 0 Å². The summed E-state index contributed by atoms with van der Waals surface area (Å²) in [5, 5.41) is 3.20. The first-order valence-electron chi connectivity index (χ1n) is 16.4. The van der Waals surface area contributed by atoms with Crippen LogP contribution < -0.4 is 21.0 Å². The van der Waals surface area contributed by atoms with Gasteiger partial charge in [0.25, 0.3) is 5.91 Å². The molecule has 0 N–H and O–H groups in total. The van der Waals surface area contributed by atoms with E-state index in [0.29, 0.717) is 11.9 Å². The summed E-state index contributed by atoms with van der Waals surface area (Å²) in [6, 6.07) is 4.10. The van der Waals surface area contributed by atoms with Crippen molar-refractivity contribution in [1.29, 1.82) is 0 Å². The summed E-state index contributed by atoms with van der Waals surface area (Å²) < 4.78 is 9.45. The van der Waals surface area contributed by atoms with Crippen LogP contribution in [0.15, 0.2) is 55.0 Å². The lowest BCUT2D eigenvalue weighted by molar-refractivity contribution is 0.0814. The van der Waals surface area contributed by atoms with Gasteiger partial charge < -0.3 is 18.8 Å². The first kappa shape index (κ1) is 29.3. The molecule has 5 heterocycles. The maximum atomic E-state index is 13.2. The third kappa shape index (κ3) is 5.62. The number of hydrogen-bond acceptors (Lipinski definition) is 6. The molecule has 231 valence electrons. The van der Waals surface area contributed by atoms with Gasteiger partial charge in [-0.05, 0) is 68.0 Å². The van der Waals surface area contributed by atoms with Crippen LogP contribution in [0, 0.1) is 6.42 Å². The van der Waals surface area contributed by atoms with Crippen LogP contribution in [0.3, 0.4) is 0 Å². The monoisotopic (exact) mass is 611 g/mol. The van der Waals surface area contributed by atoms with Crippen molar-refractivity contribution in [3.63, 3.8) is 0 Å². The number of anilines is 1. The van der Waals surface area contributed by atoms with Crippen molar-refractivity contribution < 1.29 is 9.21 Å². The van der Waals surface area contributed by atoms with Gasteiger partial charge in [-0.25, -0.2) is 0 Å². The number of hydrogen-bond donors (Lipinski definition) is 0. The molecule has 1 saturated carbocycles. The number of amides is 1. The first-order chi connectivity index (χ1) is 21.3. The van der Waals surface area contributed by atoms with Crippen LogP contribution in [0.25, 0.3) is 16.4 Å². The molecule has 44 heavy (non-hydrogen) atoms. The predicted octanol–water partition coefficient (Wildman–Crippen LogP) is 6.12. The maximum absolute atomic E-state index is 13.2. The maximum Gasteiger partial charge on any atom is 0.270 e. The molecule has 8 heteroatoms. The van der Waals surface area contributed by atoms with Crippen molar-refractivity contribution in [2.45, 2.75) is 89.1 Å². The van der Waals surface area contributed by atoms with Gasteiger partial charge in [-0.15, -0.1) is 11.3 Å². The van der Waals surface area contributed by atoms with Gasteiger partial charge in [0.1, 0.15) is 15.9 Å². The highest BCUT2D eigenvalue weighted by atomic mass is 32.1. The Balaban J connectivity index is 1.08. The Bertz CT molecular complexity index is 1830. The Morgan fingerprint density at radius 2 is 1.95 bits per heavy atom. The van der Waals surface area contributed by atoms with Crippen LogP contribution in [-0.2, 0) is 6.42 Å². The van der Waals surface area contributed by atoms with Gasteiger partial charge in [0.2, 0.25) is 5.43 Å². The number of carbonyl (C=O) groups excluding carboxylic acids is 1. The van der Waals surface area contributed by atoms with E-state index < -0.39 is 0 Å². The van der Waals surface area contributed by atoms with Crippen LogP contribution in [0.1, 0.15) is 93.2 Å². The van der Waals surface area contributed by atoms with Gasteiger partial charge in [-0.2, -0.15) is 0 Å². The summed E-state index contributed by atoms with van der Waals surface area (Å²) in [5.41, 5.74) is 6.24. The van der Waals surface area contributed by atoms with Crippen LogP contribution in [0.5, 0.6) is 0 Å². The molecular weight excluding hydrogens is 568 g/mol. The fourth-order valence-corrected chi connectivity index (χ4v) is 8.23. The molecule has 2 aliphatic heterocycles. The van der Waals surface area contributed by atoms with E-state index in [1.807, 2.05) is 14.1 Å². The van der Waals surface area contributed by atoms with E-state index in [-0.39, 0.29) is 16.9 Å². The van der Waals surface area contributed by atoms with Crippen LogP contribution in [0.4, 0.5) is 5.88 Å². The van der Waals surface area contributed by atoms with Gasteiger partial charge in [0.05, 0.1) is 5.54 Å². The van der Waals surface area contributed by atoms with Crippen LogP contribution >= 0.6 is 11.3 Å². The lowest BCUT2D eigenvalue weighted by atomic mass is 9.76. The van der Waals surface area contributed by atoms with E-state index in [1.54, 1.807) is 11.0 Å². The number of carbonyl (C=O) groups is 1. The van der Waals surface area contributed by atoms with Gasteiger partial charge >= 0.3 is 0 Å². The Morgan fingerprint density at radius 3 is 2.68 bits per heavy atom. The number of unbranched alkanes of at least 4 members (excludes halogenated alkanes) is 1. The molecule has 5 aliphatic rings. The van der Waals surface area contributed by atoms with Crippen molar-refractivity contribution in [2.24, 2.45) is 4.99 Å². The molecule has 2 bridgehead atoms. The summed E-state index contributed by atoms with van der Waals surface area (Å²) in [7, 11) is 3.66. The molecule has 0 spiro atoms. The normalized spacial score (nSPS) is 20.2. The molecule has 0 saturated heterocycles. The molecule has 3 aromatic heterocycles. The smallest absolute Gasteiger partial charge is 0.270 e. The Labute approximate surface area is 263 Å². The third-order valence-electron chi connectivity index (χ3n) is 9.67. The fourth-order valence-electron chi connectivity index (χ4n) is 7.29. The minimum Gasteiger partial charge on any atom is -0.439 e. The second-order valence-corrected chi connectivity index (χ2v) is 14.2. The summed E-state index contributed by atoms with van der Waals surface area (Å²) in [6.07, 6.45) is 20.4. The van der Waals surface area contributed by atoms with Crippen molar-refractivity contribution in [3.8, 4) is 0 Å². The molecule has 3 aliphatic carbocycles. The lowest BCUT2D eigenvalue weighted by Gasteiger charge is -2.35. The van der Waals surface area contributed by atoms with Crippen LogP contribution in [-0.4, -0.2) is 48.1 Å². The standard InChI is InChI=1S/C36H43N4O3S/c1-4-16-39(17-14-24-12-13-24)31-20-30(41)33-32(43-31)26(23-44-33)9-7-8-15-36-21-25(22-36)18-27-19-29(35(42)38(2)3)40(34(27)37-36)28-10-5-6-11-28/h12-13,18-21,23,28H,4-11,14-17,22H2,1-3H3. The molecule has 1 amide bonds. The zero-order chi connectivity index (χ0) is 30.4. The highest BCUT2D eigenvalue weighted by Crippen LogP contribution is 2.40. The second kappa shape index (κ2) is 11.8. The molecular formula is C36H43N4O3S. The molecule has 3 aromatic rings. The topological polar surface area (TPSA) is 71.1 Å². The Morgan fingerprint density at radius 1 is 1.16 bits per heavy atom. The Kier molecular flexibility index (Phi) is 7.89. The second-order valence-electron chi connectivity index (χ2n) is 13.3. The van der Waals surface area contributed by atoms with E-state index >= 15 is 0 Å². The average molecular weight is 612 g/mol. The summed E-state index contributed by atoms with van der Waals surface area (Å²) in [6.45, 7) is 3.89. The van der Waals surface area contributed by atoms with Crippen molar-refractivity contribution >= 4 is 39.5 Å². The highest BCUT2D eigenvalue weighted by molar-refractivity contribution is 7.17. The zero-order valence-electron chi connectivity index (χ0n) is 26.2. The fraction of sp³-hybridized carbons (Fsp3) is 0.500. The summed E-state index contributed by atoms with van der Waals surface area (Å²) in [5.74, 6) is 0.748. The van der Waals surface area contributed by atoms with Crippen molar-refractivity contribution in [1.82, 2.24) is 9.47 Å². The zero-order valence-corrected chi connectivity index (χ0v) is 27.0. The molecule has 1 atom stereocenters. The highest BCUT2D eigenvalue weighted by Gasteiger charge is 2.38. The van der Waals surface area contributed by atoms with E-state index in [1.165, 1.54) is 35.3 Å². The Hall–Kier alpha value is -3.39. The number of allylic oxidation sites excluding steroid dienone is 1. The number of nitrogens with zero attached hydrogens (tertiary/aromatic N) is 4. The van der Waals surface area contributed by atoms with Gasteiger partial charge in [0.15, 0.2) is 11.5 Å². The van der Waals surface area contributed by atoms with Gasteiger partial charge in [-0.1, -0.05) is 43.9 Å². The number of fused-ring (bicyclic) bond motifs is 1. The minimum absolute atomic E-state index is 0.0553. The molecule has 0 aromatic carbocycles. The number of aromatic nitrogens is 1. The third-order valence-corrected chi connectivity index (χ3v) is 10.7. The van der Waals surface area contributed by atoms with E-state index in [4.69, 9.17) is 9.41 Å². The lowest BCUT2D eigenvalue weighted by Crippen LogP contribution is -2.38. The van der Waals surface area contributed by atoms with Gasteiger partial charge in [0, 0.05) is 62.9 Å². The van der Waals surface area contributed by atoms with Gasteiger partial charge in [-0.3, -0.25) is 14.6 Å². The molecule has 1 radical (unpaired) electrons. The predicted molar refractivity (Wildman–Crippen MR) is 178 cm³/mol. The molecule has 7 nitrogen and oxygen atoms in total. The summed E-state index contributed by atoms with van der Waals surface area (Å²) >= 11 is 1.51. The number of thiophene rings is 1. The van der Waals surface area contributed by atoms with E-state index in [2.05, 4.69) is 52.5 Å². The van der Waals surface area contributed by atoms with Crippen molar-refractivity contribution in [3.05, 3.63) is 79.4 Å². The largest absolute Gasteiger partial charge is 0.439 e. The molecule has 1 unspecified atom stereocenters. The molecule has 8 rings (SSSR count). The minimum atomic E-state index is -0.199. The quantitative estimate of drug-likeness (QED) is 0.219. The summed E-state index contributed by atoms with van der Waals surface area (Å²) in [4.78, 5) is 35.6. The van der Waals surface area contributed by atoms with E-state index in [0.717, 1.165) is 103 Å². The molecule has 1 fully saturated rings. The SMILES string of the molecule is CCCN(CCC1=C[CH]1)c1cc(=O)c2scc(CCCCC34C=C(C=c5cc(C(=O)N(C)C)n(C6CCCC6)c5=N3)C4)c2o1. The number of rotatable bonds is 13. The average Bonchev–Trinajstić information content (AvgIpc) is 3.41. The number of aryl methyl sites for hydroxylation is 1. The van der Waals surface area contributed by atoms with Crippen molar-refractivity contribution in [2.75, 3.05) is 32.1 Å². The van der Waals surface area contributed by atoms with E-state index in [9.17, 15) is 9.59 Å².